The molecular weight excluding hydrogens is 255 g/mol. The quantitative estimate of drug-likeness (QED) is 0.460. The summed E-state index contributed by atoms with van der Waals surface area (Å²) in [7, 11) is 0. The molecule has 0 aliphatic rings. The van der Waals surface area contributed by atoms with Crippen molar-refractivity contribution >= 4 is 25.4 Å². The van der Waals surface area contributed by atoms with Gasteiger partial charge in [-0.3, -0.25) is 0 Å². The van der Waals surface area contributed by atoms with Crippen LogP contribution in [0, 0.1) is 0 Å². The van der Waals surface area contributed by atoms with Crippen molar-refractivity contribution in [1.82, 2.24) is 0 Å². The zero-order chi connectivity index (χ0) is 11.1. The molecule has 0 aromatic heterocycles. The Morgan fingerprint density at radius 2 is 2.07 bits per heavy atom. The van der Waals surface area contributed by atoms with E-state index in [1.807, 2.05) is 18.2 Å². The first-order valence-corrected chi connectivity index (χ1v) is 6.83. The van der Waals surface area contributed by atoms with Crippen LogP contribution in [0.4, 0.5) is 0 Å². The number of esters is 1. The number of hydrogen-bond acceptors (Lipinski definition) is 2. The topological polar surface area (TPSA) is 26.3 Å². The van der Waals surface area contributed by atoms with E-state index >= 15 is 0 Å². The molecule has 0 aliphatic heterocycles. The SMILES string of the molecule is C=C(C[Se]c1ccccc1)C(=O)OCC. The first-order valence-electron chi connectivity index (χ1n) is 4.76. The summed E-state index contributed by atoms with van der Waals surface area (Å²) < 4.78 is 6.14. The van der Waals surface area contributed by atoms with Gasteiger partial charge in [0.25, 0.3) is 0 Å². The fourth-order valence-corrected chi connectivity index (χ4v) is 2.68. The van der Waals surface area contributed by atoms with Gasteiger partial charge in [-0.15, -0.1) is 0 Å². The van der Waals surface area contributed by atoms with E-state index in [1.165, 1.54) is 4.46 Å². The molecule has 0 radical (unpaired) electrons. The Balaban J connectivity index is 2.38. The van der Waals surface area contributed by atoms with Crippen molar-refractivity contribution in [3.05, 3.63) is 42.5 Å². The van der Waals surface area contributed by atoms with E-state index in [4.69, 9.17) is 4.74 Å². The van der Waals surface area contributed by atoms with Crippen LogP contribution in [0.3, 0.4) is 0 Å². The predicted molar refractivity (Wildman–Crippen MR) is 62.4 cm³/mol. The molecule has 1 rings (SSSR count). The van der Waals surface area contributed by atoms with Crippen LogP contribution in [0.2, 0.25) is 5.32 Å². The summed E-state index contributed by atoms with van der Waals surface area (Å²) in [6, 6.07) is 10.1. The Kier molecular flexibility index (Phi) is 5.16. The van der Waals surface area contributed by atoms with Gasteiger partial charge in [-0.05, 0) is 0 Å². The van der Waals surface area contributed by atoms with E-state index in [0.29, 0.717) is 12.2 Å². The minimum absolute atomic E-state index is 0.268. The molecule has 1 aromatic carbocycles. The second-order valence-corrected chi connectivity index (χ2v) is 5.13. The zero-order valence-electron chi connectivity index (χ0n) is 8.73. The van der Waals surface area contributed by atoms with Gasteiger partial charge in [-0.25, -0.2) is 0 Å². The molecule has 2 nitrogen and oxygen atoms in total. The summed E-state index contributed by atoms with van der Waals surface area (Å²) in [4.78, 5) is 11.3. The molecule has 0 atom stereocenters. The van der Waals surface area contributed by atoms with Crippen LogP contribution in [-0.4, -0.2) is 27.5 Å². The van der Waals surface area contributed by atoms with Gasteiger partial charge in [0.15, 0.2) is 0 Å². The molecule has 0 unspecified atom stereocenters. The van der Waals surface area contributed by atoms with Gasteiger partial charge in [-0.2, -0.15) is 0 Å². The van der Waals surface area contributed by atoms with Gasteiger partial charge >= 0.3 is 96.3 Å². The first kappa shape index (κ1) is 12.0. The molecular formula is C12H14O2Se. The second kappa shape index (κ2) is 6.44. The first-order chi connectivity index (χ1) is 7.24. The van der Waals surface area contributed by atoms with Crippen molar-refractivity contribution in [3.63, 3.8) is 0 Å². The number of ether oxygens (including phenoxy) is 1. The van der Waals surface area contributed by atoms with Gasteiger partial charge in [0, 0.05) is 0 Å². The molecule has 0 saturated carbocycles. The zero-order valence-corrected chi connectivity index (χ0v) is 10.4. The standard InChI is InChI=1S/C12H14O2Se/c1-3-14-12(13)10(2)9-15-11-7-5-4-6-8-11/h4-8H,2-3,9H2,1H3. The monoisotopic (exact) mass is 270 g/mol. The normalized spacial score (nSPS) is 9.67. The van der Waals surface area contributed by atoms with E-state index in [0.717, 1.165) is 5.32 Å². The summed E-state index contributed by atoms with van der Waals surface area (Å²) in [6.45, 7) is 5.94. The van der Waals surface area contributed by atoms with Gasteiger partial charge in [0.05, 0.1) is 0 Å². The van der Waals surface area contributed by atoms with Crippen molar-refractivity contribution in [3.8, 4) is 0 Å². The average molecular weight is 269 g/mol. The fraction of sp³-hybridized carbons (Fsp3) is 0.250. The summed E-state index contributed by atoms with van der Waals surface area (Å²) in [6.07, 6.45) is 0. The van der Waals surface area contributed by atoms with E-state index in [9.17, 15) is 4.79 Å². The number of hydrogen-bond donors (Lipinski definition) is 0. The van der Waals surface area contributed by atoms with E-state index in [2.05, 4.69) is 18.7 Å². The molecule has 1 aromatic rings. The molecule has 0 spiro atoms. The third-order valence-electron chi connectivity index (χ3n) is 1.72. The summed E-state index contributed by atoms with van der Waals surface area (Å²) >= 11 is 0.269. The molecule has 15 heavy (non-hydrogen) atoms. The molecule has 0 bridgehead atoms. The van der Waals surface area contributed by atoms with Crippen LogP contribution in [0.15, 0.2) is 42.5 Å². The Morgan fingerprint density at radius 1 is 1.40 bits per heavy atom. The Hall–Kier alpha value is -1.05. The molecule has 3 heteroatoms. The van der Waals surface area contributed by atoms with Gasteiger partial charge in [0.2, 0.25) is 0 Å². The molecule has 0 fully saturated rings. The van der Waals surface area contributed by atoms with Crippen LogP contribution in [0.5, 0.6) is 0 Å². The molecule has 0 amide bonds. The van der Waals surface area contributed by atoms with Crippen LogP contribution in [-0.2, 0) is 9.53 Å². The number of rotatable bonds is 5. The van der Waals surface area contributed by atoms with E-state index < -0.39 is 0 Å². The minimum atomic E-state index is -0.268. The molecule has 0 saturated heterocycles. The average Bonchev–Trinajstić information content (AvgIpc) is 2.27. The van der Waals surface area contributed by atoms with Crippen molar-refractivity contribution in [1.29, 1.82) is 0 Å². The van der Waals surface area contributed by atoms with Crippen LogP contribution in [0.1, 0.15) is 6.92 Å². The van der Waals surface area contributed by atoms with Crippen molar-refractivity contribution in [2.45, 2.75) is 12.2 Å². The maximum atomic E-state index is 11.3. The van der Waals surface area contributed by atoms with Crippen molar-refractivity contribution in [2.75, 3.05) is 6.61 Å². The summed E-state index contributed by atoms with van der Waals surface area (Å²) in [5, 5.41) is 0.718. The fourth-order valence-electron chi connectivity index (χ4n) is 0.979. The van der Waals surface area contributed by atoms with E-state index in [1.54, 1.807) is 6.92 Å². The predicted octanol–water partition coefficient (Wildman–Crippen LogP) is 1.55. The Labute approximate surface area is 96.5 Å². The summed E-state index contributed by atoms with van der Waals surface area (Å²) in [5.74, 6) is -0.268. The van der Waals surface area contributed by atoms with Gasteiger partial charge in [0.1, 0.15) is 0 Å². The maximum absolute atomic E-state index is 11.3. The van der Waals surface area contributed by atoms with Crippen LogP contribution in [0.25, 0.3) is 0 Å². The third-order valence-corrected chi connectivity index (χ3v) is 4.02. The molecule has 0 N–H and O–H groups in total. The number of carbonyl (C=O) groups is 1. The Bertz CT molecular complexity index is 333. The van der Waals surface area contributed by atoms with Crippen molar-refractivity contribution in [2.24, 2.45) is 0 Å². The Morgan fingerprint density at radius 3 is 2.67 bits per heavy atom. The molecule has 80 valence electrons. The van der Waals surface area contributed by atoms with Crippen LogP contribution < -0.4 is 4.46 Å². The number of carbonyl (C=O) groups excluding carboxylic acids is 1. The summed E-state index contributed by atoms with van der Waals surface area (Å²) in [5.41, 5.74) is 0.570. The second-order valence-electron chi connectivity index (χ2n) is 2.93. The van der Waals surface area contributed by atoms with Gasteiger partial charge < -0.3 is 0 Å². The van der Waals surface area contributed by atoms with Crippen molar-refractivity contribution < 1.29 is 9.53 Å². The number of benzene rings is 1. The third kappa shape index (κ3) is 4.32. The van der Waals surface area contributed by atoms with Gasteiger partial charge in [-0.1, -0.05) is 0 Å². The molecule has 0 aliphatic carbocycles. The van der Waals surface area contributed by atoms with E-state index in [-0.39, 0.29) is 20.9 Å². The van der Waals surface area contributed by atoms with Crippen LogP contribution >= 0.6 is 0 Å². The molecule has 0 heterocycles.